The molecule has 328 valence electrons. The van der Waals surface area contributed by atoms with Crippen LogP contribution in [0.2, 0.25) is 0 Å². The number of benzene rings is 2. The molecule has 1 fully saturated rings. The maximum atomic E-state index is 14.5. The predicted molar refractivity (Wildman–Crippen MR) is 228 cm³/mol. The number of rotatable bonds is 11. The van der Waals surface area contributed by atoms with Gasteiger partial charge in [-0.3, -0.25) is 19.2 Å². The fraction of sp³-hybridized carbons (Fsp3) is 0.511. The summed E-state index contributed by atoms with van der Waals surface area (Å²) in [6.45, 7) is 6.95. The minimum atomic E-state index is -1.12. The molecule has 0 aliphatic carbocycles. The summed E-state index contributed by atoms with van der Waals surface area (Å²) in [6, 6.07) is 8.92. The normalized spacial score (nSPS) is 20.8. The van der Waals surface area contributed by atoms with Crippen molar-refractivity contribution < 1.29 is 48.3 Å². The molecule has 0 saturated carbocycles. The van der Waals surface area contributed by atoms with Gasteiger partial charge in [-0.1, -0.05) is 38.5 Å². The van der Waals surface area contributed by atoms with Gasteiger partial charge in [-0.25, -0.2) is 4.79 Å². The van der Waals surface area contributed by atoms with E-state index in [1.165, 1.54) is 27.4 Å². The molecule has 61 heavy (non-hydrogen) atoms. The van der Waals surface area contributed by atoms with Crippen LogP contribution in [0.4, 0.5) is 0 Å². The molecule has 14 heteroatoms. The van der Waals surface area contributed by atoms with Gasteiger partial charge in [0, 0.05) is 68.1 Å². The molecule has 3 aromatic rings. The van der Waals surface area contributed by atoms with Crippen LogP contribution in [0.25, 0.3) is 6.08 Å². The maximum Gasteiger partial charge on any atom is 0.342 e. The highest BCUT2D eigenvalue weighted by Crippen LogP contribution is 2.48. The Labute approximate surface area is 356 Å². The third kappa shape index (κ3) is 9.89. The van der Waals surface area contributed by atoms with E-state index in [4.69, 9.17) is 18.9 Å². The number of methoxy groups -OCH3 is 3. The number of piperidine rings is 1. The Balaban J connectivity index is 1.39. The first-order chi connectivity index (χ1) is 29.3. The summed E-state index contributed by atoms with van der Waals surface area (Å²) in [5.41, 5.74) is 1.13. The number of pyridine rings is 1. The van der Waals surface area contributed by atoms with Crippen LogP contribution >= 0.6 is 0 Å². The number of aromatic nitrogens is 1. The monoisotopic (exact) mass is 841 g/mol. The Kier molecular flexibility index (Phi) is 14.5. The summed E-state index contributed by atoms with van der Waals surface area (Å²) in [5.74, 6) is -2.95. The second kappa shape index (κ2) is 19.7. The quantitative estimate of drug-likeness (QED) is 0.180. The third-order valence-electron chi connectivity index (χ3n) is 12.5. The first kappa shape index (κ1) is 44.8. The number of hydrogen-bond acceptors (Lipinski definition) is 11. The second-order valence-corrected chi connectivity index (χ2v) is 16.7. The molecule has 4 heterocycles. The molecule has 2 aromatic carbocycles. The van der Waals surface area contributed by atoms with E-state index in [9.17, 15) is 34.2 Å². The molecular weight excluding hydrogens is 783 g/mol. The fourth-order valence-corrected chi connectivity index (χ4v) is 9.08. The first-order valence-corrected chi connectivity index (χ1v) is 21.3. The van der Waals surface area contributed by atoms with Gasteiger partial charge in [0.15, 0.2) is 11.5 Å². The Hall–Kier alpha value is -5.79. The summed E-state index contributed by atoms with van der Waals surface area (Å²) in [7, 11) is 4.34. The number of likely N-dealkylation sites (tertiary alicyclic amines) is 1. The Morgan fingerprint density at radius 2 is 1.69 bits per heavy atom. The van der Waals surface area contributed by atoms with E-state index in [0.29, 0.717) is 70.1 Å². The van der Waals surface area contributed by atoms with Crippen molar-refractivity contribution in [2.45, 2.75) is 109 Å². The van der Waals surface area contributed by atoms with Gasteiger partial charge in [0.2, 0.25) is 17.6 Å². The molecule has 6 rings (SSSR count). The average Bonchev–Trinajstić information content (AvgIpc) is 3.23. The zero-order chi connectivity index (χ0) is 44.0. The number of ether oxygens (including phenoxy) is 4. The molecule has 1 saturated heterocycles. The number of Topliss-reactive ketones (excluding diaryl/α,β-unsaturated/α-hetero) is 1. The van der Waals surface area contributed by atoms with Crippen LogP contribution in [0.15, 0.2) is 47.3 Å². The summed E-state index contributed by atoms with van der Waals surface area (Å²) in [4.78, 5) is 69.8. The summed E-state index contributed by atoms with van der Waals surface area (Å²) in [5, 5.41) is 27.1. The zero-order valence-corrected chi connectivity index (χ0v) is 36.0. The van der Waals surface area contributed by atoms with Gasteiger partial charge in [0.25, 0.3) is 5.56 Å². The van der Waals surface area contributed by atoms with Crippen molar-refractivity contribution in [2.75, 3.05) is 34.4 Å². The van der Waals surface area contributed by atoms with E-state index < -0.39 is 41.4 Å². The minimum absolute atomic E-state index is 0.0170. The number of hydrogen-bond donors (Lipinski definition) is 3. The van der Waals surface area contributed by atoms with E-state index in [2.05, 4.69) is 5.32 Å². The molecule has 3 unspecified atom stereocenters. The van der Waals surface area contributed by atoms with Gasteiger partial charge in [0.1, 0.15) is 28.9 Å². The predicted octanol–water partition coefficient (Wildman–Crippen LogP) is 6.47. The molecule has 3 N–H and O–H groups in total. The fourth-order valence-electron chi connectivity index (χ4n) is 9.08. The lowest BCUT2D eigenvalue weighted by Gasteiger charge is -2.44. The highest BCUT2D eigenvalue weighted by atomic mass is 16.5. The number of ketones is 1. The summed E-state index contributed by atoms with van der Waals surface area (Å²) in [6.07, 6.45) is 6.76. The molecule has 1 aromatic heterocycles. The van der Waals surface area contributed by atoms with Crippen molar-refractivity contribution >= 4 is 29.6 Å². The second-order valence-electron chi connectivity index (χ2n) is 16.7. The molecule has 0 spiro atoms. The van der Waals surface area contributed by atoms with Crippen LogP contribution in [0.3, 0.4) is 0 Å². The standard InChI is InChI=1S/C47H59N3O11/c1-7-27(2)43(46(56)49-24-29-19-32(26-49)35-17-12-18-40(54)50(35)25-29)48-39(53)23-34(31-21-37(58-4)45(60-6)38(22-31)59-5)42-36(52)20-30-14-9-8-10-15-33(51)16-11-13-28(3)61-47(57)41(30)44(42)55/h9,12,14,17-18,20-22,27-29,32,34,43,52,55H,7-8,10-11,13,15-16,19,23-26H2,1-6H3,(H,48,53)/t27?,28-,29+,32-,34?,43?/m0/s1. The lowest BCUT2D eigenvalue weighted by molar-refractivity contribution is -0.140. The number of phenolic OH excluding ortho intramolecular Hbond substituents is 2. The van der Waals surface area contributed by atoms with Crippen LogP contribution in [-0.4, -0.2) is 89.8 Å². The number of aromatic hydroxyl groups is 2. The van der Waals surface area contributed by atoms with Crippen molar-refractivity contribution in [3.63, 3.8) is 0 Å². The van der Waals surface area contributed by atoms with Crippen LogP contribution in [-0.2, 0) is 25.7 Å². The lowest BCUT2D eigenvalue weighted by atomic mass is 9.82. The molecule has 3 aliphatic heterocycles. The topological polar surface area (TPSA) is 183 Å². The minimum Gasteiger partial charge on any atom is -0.507 e. The van der Waals surface area contributed by atoms with Gasteiger partial charge in [-0.2, -0.15) is 0 Å². The van der Waals surface area contributed by atoms with Crippen molar-refractivity contribution in [2.24, 2.45) is 11.8 Å². The first-order valence-electron chi connectivity index (χ1n) is 21.3. The number of phenols is 2. The van der Waals surface area contributed by atoms with Crippen LogP contribution in [0.1, 0.15) is 123 Å². The third-order valence-corrected chi connectivity index (χ3v) is 12.5. The van der Waals surface area contributed by atoms with Crippen molar-refractivity contribution in [1.82, 2.24) is 14.8 Å². The number of allylic oxidation sites excluding steroid dienone is 1. The van der Waals surface area contributed by atoms with Gasteiger partial charge in [0.05, 0.1) is 27.4 Å². The number of fused-ring (bicyclic) bond motifs is 5. The molecule has 3 aliphatic rings. The highest BCUT2D eigenvalue weighted by molar-refractivity contribution is 5.98. The van der Waals surface area contributed by atoms with E-state index in [-0.39, 0.29) is 75.4 Å². The number of carbonyl (C=O) groups excluding carboxylic acids is 4. The number of carbonyl (C=O) groups is 4. The van der Waals surface area contributed by atoms with E-state index in [0.717, 1.165) is 12.1 Å². The molecular formula is C47H59N3O11. The highest BCUT2D eigenvalue weighted by Gasteiger charge is 2.40. The maximum absolute atomic E-state index is 14.5. The number of nitrogens with one attached hydrogen (secondary N) is 1. The van der Waals surface area contributed by atoms with E-state index in [1.54, 1.807) is 52.8 Å². The zero-order valence-electron chi connectivity index (χ0n) is 36.0. The number of nitrogens with zero attached hydrogens (tertiary/aromatic N) is 2. The number of amides is 2. The van der Waals surface area contributed by atoms with Crippen molar-refractivity contribution in [3.05, 3.63) is 80.8 Å². The lowest BCUT2D eigenvalue weighted by Crippen LogP contribution is -2.56. The molecule has 6 atom stereocenters. The van der Waals surface area contributed by atoms with Crippen LogP contribution in [0, 0.1) is 11.8 Å². The summed E-state index contributed by atoms with van der Waals surface area (Å²) < 4.78 is 24.5. The van der Waals surface area contributed by atoms with Gasteiger partial charge in [-0.15, -0.1) is 0 Å². The summed E-state index contributed by atoms with van der Waals surface area (Å²) >= 11 is 0. The molecule has 2 bridgehead atoms. The Morgan fingerprint density at radius 3 is 2.38 bits per heavy atom. The van der Waals surface area contributed by atoms with Crippen LogP contribution < -0.4 is 25.1 Å². The van der Waals surface area contributed by atoms with Gasteiger partial charge < -0.3 is 43.9 Å². The Bertz CT molecular complexity index is 2190. The average molecular weight is 842 g/mol. The van der Waals surface area contributed by atoms with Crippen molar-refractivity contribution in [3.8, 4) is 28.7 Å². The molecule has 14 nitrogen and oxygen atoms in total. The smallest absolute Gasteiger partial charge is 0.342 e. The van der Waals surface area contributed by atoms with Crippen molar-refractivity contribution in [1.29, 1.82) is 0 Å². The largest absolute Gasteiger partial charge is 0.507 e. The number of esters is 1. The van der Waals surface area contributed by atoms with E-state index in [1.807, 2.05) is 19.9 Å². The molecule has 2 amide bonds. The van der Waals surface area contributed by atoms with E-state index >= 15 is 0 Å². The van der Waals surface area contributed by atoms with Gasteiger partial charge >= 0.3 is 5.97 Å². The number of cyclic esters (lactones) is 1. The van der Waals surface area contributed by atoms with Crippen LogP contribution in [0.5, 0.6) is 28.7 Å². The Morgan fingerprint density at radius 1 is 0.967 bits per heavy atom. The SMILES string of the molecule is CCC(C)C(NC(=O)CC(c1cc(OC)c(OC)c(OC)c1)c1c(O)cc2c(c1O)C(=O)O[C@@H](C)CCCC(=O)CCCC=C2)C(=O)N1C[C@H]2C[C@@H](C1)c1cccc(=O)n1C2. The van der Waals surface area contributed by atoms with Gasteiger partial charge in [-0.05, 0) is 86.3 Å². The molecule has 0 radical (unpaired) electrons.